The van der Waals surface area contributed by atoms with Crippen molar-refractivity contribution < 1.29 is 4.79 Å². The SMILES string of the molecule is CCCC(=O)c1cnc(-c2ccccc2)s1. The molecule has 0 atom stereocenters. The summed E-state index contributed by atoms with van der Waals surface area (Å²) in [5.41, 5.74) is 1.07. The first-order valence-corrected chi connectivity index (χ1v) is 6.17. The number of rotatable bonds is 4. The number of carbonyl (C=O) groups excluding carboxylic acids is 1. The van der Waals surface area contributed by atoms with Crippen molar-refractivity contribution in [2.24, 2.45) is 0 Å². The van der Waals surface area contributed by atoms with Gasteiger partial charge in [-0.15, -0.1) is 11.3 Å². The van der Waals surface area contributed by atoms with E-state index in [2.05, 4.69) is 4.98 Å². The summed E-state index contributed by atoms with van der Waals surface area (Å²) in [6.45, 7) is 2.01. The molecule has 1 aromatic heterocycles. The lowest BCUT2D eigenvalue weighted by molar-refractivity contribution is 0.0985. The first-order valence-electron chi connectivity index (χ1n) is 5.35. The van der Waals surface area contributed by atoms with Gasteiger partial charge in [0.05, 0.1) is 4.88 Å². The van der Waals surface area contributed by atoms with Gasteiger partial charge in [0.1, 0.15) is 5.01 Å². The third kappa shape index (κ3) is 2.36. The number of thiazole rings is 1. The predicted octanol–water partition coefficient (Wildman–Crippen LogP) is 3.79. The zero-order valence-corrected chi connectivity index (χ0v) is 9.96. The summed E-state index contributed by atoms with van der Waals surface area (Å²) < 4.78 is 0. The molecule has 0 bridgehead atoms. The first kappa shape index (κ1) is 11.0. The maximum absolute atomic E-state index is 11.7. The molecule has 1 heterocycles. The summed E-state index contributed by atoms with van der Waals surface area (Å²) in [5, 5.41) is 0.917. The van der Waals surface area contributed by atoms with Crippen LogP contribution in [0.3, 0.4) is 0 Å². The van der Waals surface area contributed by atoms with E-state index in [-0.39, 0.29) is 5.78 Å². The zero-order valence-electron chi connectivity index (χ0n) is 9.14. The molecule has 0 aliphatic rings. The maximum atomic E-state index is 11.7. The highest BCUT2D eigenvalue weighted by Crippen LogP contribution is 2.25. The molecule has 2 rings (SSSR count). The molecule has 3 heteroatoms. The largest absolute Gasteiger partial charge is 0.293 e. The number of aromatic nitrogens is 1. The normalized spacial score (nSPS) is 10.3. The summed E-state index contributed by atoms with van der Waals surface area (Å²) in [4.78, 5) is 16.7. The standard InChI is InChI=1S/C13H13NOS/c1-2-6-11(15)12-9-14-13(16-12)10-7-4-3-5-8-10/h3-5,7-9H,2,6H2,1H3. The molecular formula is C13H13NOS. The molecule has 0 radical (unpaired) electrons. The number of hydrogen-bond donors (Lipinski definition) is 0. The Morgan fingerprint density at radius 3 is 2.75 bits per heavy atom. The Morgan fingerprint density at radius 2 is 2.06 bits per heavy atom. The van der Waals surface area contributed by atoms with Crippen molar-refractivity contribution in [2.75, 3.05) is 0 Å². The van der Waals surface area contributed by atoms with Gasteiger partial charge in [-0.2, -0.15) is 0 Å². The van der Waals surface area contributed by atoms with E-state index >= 15 is 0 Å². The minimum Gasteiger partial charge on any atom is -0.293 e. The van der Waals surface area contributed by atoms with E-state index in [1.807, 2.05) is 37.3 Å². The number of ketones is 1. The topological polar surface area (TPSA) is 30.0 Å². The second kappa shape index (κ2) is 5.03. The van der Waals surface area contributed by atoms with E-state index in [0.29, 0.717) is 6.42 Å². The Balaban J connectivity index is 2.23. The fourth-order valence-electron chi connectivity index (χ4n) is 1.47. The number of hydrogen-bond acceptors (Lipinski definition) is 3. The Bertz CT molecular complexity index is 476. The molecule has 0 spiro atoms. The summed E-state index contributed by atoms with van der Waals surface area (Å²) in [7, 11) is 0. The third-order valence-corrected chi connectivity index (χ3v) is 3.37. The molecule has 82 valence electrons. The van der Waals surface area contributed by atoms with Crippen LogP contribution in [0.15, 0.2) is 36.5 Å². The van der Waals surface area contributed by atoms with Crippen molar-refractivity contribution in [1.29, 1.82) is 0 Å². The summed E-state index contributed by atoms with van der Waals surface area (Å²) in [6, 6.07) is 9.94. The van der Waals surface area contributed by atoms with Crippen molar-refractivity contribution in [3.63, 3.8) is 0 Å². The van der Waals surface area contributed by atoms with Crippen LogP contribution < -0.4 is 0 Å². The molecule has 0 aliphatic heterocycles. The van der Waals surface area contributed by atoms with E-state index in [1.165, 1.54) is 11.3 Å². The van der Waals surface area contributed by atoms with Gasteiger partial charge in [0.25, 0.3) is 0 Å². The quantitative estimate of drug-likeness (QED) is 0.749. The number of carbonyl (C=O) groups is 1. The highest BCUT2D eigenvalue weighted by Gasteiger charge is 2.10. The second-order valence-corrected chi connectivity index (χ2v) is 4.60. The molecule has 1 aromatic carbocycles. The van der Waals surface area contributed by atoms with E-state index in [0.717, 1.165) is 21.9 Å². The molecule has 0 unspecified atom stereocenters. The van der Waals surface area contributed by atoms with Crippen LogP contribution in [0, 0.1) is 0 Å². The van der Waals surface area contributed by atoms with E-state index in [1.54, 1.807) is 6.20 Å². The lowest BCUT2D eigenvalue weighted by Crippen LogP contribution is -1.93. The van der Waals surface area contributed by atoms with Crippen LogP contribution in [0.5, 0.6) is 0 Å². The van der Waals surface area contributed by atoms with Gasteiger partial charge < -0.3 is 0 Å². The average Bonchev–Trinajstić information content (AvgIpc) is 2.80. The van der Waals surface area contributed by atoms with Crippen LogP contribution in [-0.2, 0) is 0 Å². The van der Waals surface area contributed by atoms with Gasteiger partial charge in [-0.25, -0.2) is 4.98 Å². The minimum atomic E-state index is 0.196. The van der Waals surface area contributed by atoms with Gasteiger partial charge in [0.2, 0.25) is 0 Å². The molecule has 2 nitrogen and oxygen atoms in total. The van der Waals surface area contributed by atoms with Crippen LogP contribution >= 0.6 is 11.3 Å². The summed E-state index contributed by atoms with van der Waals surface area (Å²) in [5.74, 6) is 0.196. The monoisotopic (exact) mass is 231 g/mol. The molecule has 0 saturated heterocycles. The lowest BCUT2D eigenvalue weighted by Gasteiger charge is -1.93. The summed E-state index contributed by atoms with van der Waals surface area (Å²) >= 11 is 1.47. The van der Waals surface area contributed by atoms with Crippen LogP contribution in [-0.4, -0.2) is 10.8 Å². The molecule has 0 aliphatic carbocycles. The van der Waals surface area contributed by atoms with Gasteiger partial charge in [-0.05, 0) is 6.42 Å². The van der Waals surface area contributed by atoms with Gasteiger partial charge in [-0.3, -0.25) is 4.79 Å². The van der Waals surface area contributed by atoms with E-state index in [9.17, 15) is 4.79 Å². The lowest BCUT2D eigenvalue weighted by atomic mass is 10.2. The predicted molar refractivity (Wildman–Crippen MR) is 66.8 cm³/mol. The Kier molecular flexibility index (Phi) is 3.47. The van der Waals surface area contributed by atoms with Crippen LogP contribution in [0.1, 0.15) is 29.4 Å². The molecule has 0 saturated carbocycles. The maximum Gasteiger partial charge on any atom is 0.174 e. The Morgan fingerprint density at radius 1 is 1.31 bits per heavy atom. The van der Waals surface area contributed by atoms with E-state index in [4.69, 9.17) is 0 Å². The fourth-order valence-corrected chi connectivity index (χ4v) is 2.36. The van der Waals surface area contributed by atoms with E-state index < -0.39 is 0 Å². The van der Waals surface area contributed by atoms with Gasteiger partial charge in [0.15, 0.2) is 5.78 Å². The highest BCUT2D eigenvalue weighted by atomic mass is 32.1. The molecular weight excluding hydrogens is 218 g/mol. The van der Waals surface area contributed by atoms with Crippen LogP contribution in [0.4, 0.5) is 0 Å². The van der Waals surface area contributed by atoms with Crippen LogP contribution in [0.25, 0.3) is 10.6 Å². The van der Waals surface area contributed by atoms with Crippen molar-refractivity contribution in [3.8, 4) is 10.6 Å². The molecule has 0 N–H and O–H groups in total. The van der Waals surface area contributed by atoms with Crippen molar-refractivity contribution >= 4 is 17.1 Å². The summed E-state index contributed by atoms with van der Waals surface area (Å²) in [6.07, 6.45) is 3.18. The second-order valence-electron chi connectivity index (χ2n) is 3.57. The van der Waals surface area contributed by atoms with Crippen molar-refractivity contribution in [3.05, 3.63) is 41.4 Å². The fraction of sp³-hybridized carbons (Fsp3) is 0.231. The molecule has 0 fully saturated rings. The van der Waals surface area contributed by atoms with Gasteiger partial charge >= 0.3 is 0 Å². The third-order valence-electron chi connectivity index (χ3n) is 2.28. The smallest absolute Gasteiger partial charge is 0.174 e. The number of benzene rings is 1. The highest BCUT2D eigenvalue weighted by molar-refractivity contribution is 7.16. The first-order chi connectivity index (χ1) is 7.81. The number of nitrogens with zero attached hydrogens (tertiary/aromatic N) is 1. The molecule has 2 aromatic rings. The number of Topliss-reactive ketones (excluding diaryl/α,β-unsaturated/α-hetero) is 1. The van der Waals surface area contributed by atoms with Crippen molar-refractivity contribution in [2.45, 2.75) is 19.8 Å². The minimum absolute atomic E-state index is 0.196. The Hall–Kier alpha value is -1.48. The van der Waals surface area contributed by atoms with Crippen molar-refractivity contribution in [1.82, 2.24) is 4.98 Å². The zero-order chi connectivity index (χ0) is 11.4. The van der Waals surface area contributed by atoms with Crippen LogP contribution in [0.2, 0.25) is 0 Å². The Labute approximate surface area is 99.0 Å². The average molecular weight is 231 g/mol. The molecule has 0 amide bonds. The molecule has 16 heavy (non-hydrogen) atoms. The van der Waals surface area contributed by atoms with Gasteiger partial charge in [-0.1, -0.05) is 37.3 Å². The van der Waals surface area contributed by atoms with Gasteiger partial charge in [0, 0.05) is 18.2 Å².